The van der Waals surface area contributed by atoms with E-state index in [1.807, 2.05) is 0 Å². The van der Waals surface area contributed by atoms with Gasteiger partial charge in [0.25, 0.3) is 0 Å². The molecular formula is C9H14F3N5O2. The lowest BCUT2D eigenvalue weighted by Crippen LogP contribution is -2.58. The summed E-state index contributed by atoms with van der Waals surface area (Å²) >= 11 is 0. The van der Waals surface area contributed by atoms with Gasteiger partial charge in [-0.2, -0.15) is 17.9 Å². The maximum Gasteiger partial charge on any atom is 0.407 e. The monoisotopic (exact) mass is 281 g/mol. The minimum absolute atomic E-state index is 0. The normalized spacial score (nSPS) is 20.0. The van der Waals surface area contributed by atoms with Crippen LogP contribution < -0.4 is 14.9 Å². The Balaban J connectivity index is 0.00000180. The maximum absolute atomic E-state index is 12.7. The predicted octanol–water partition coefficient (Wildman–Crippen LogP) is 0.401. The molecule has 0 bridgehead atoms. The van der Waals surface area contributed by atoms with Gasteiger partial charge in [-0.3, -0.25) is 10.2 Å². The van der Waals surface area contributed by atoms with E-state index in [1.54, 1.807) is 7.05 Å². The summed E-state index contributed by atoms with van der Waals surface area (Å²) in [5.74, 6) is 0.376. The van der Waals surface area contributed by atoms with Gasteiger partial charge in [0.1, 0.15) is 19.6 Å². The second kappa shape index (κ2) is 5.53. The van der Waals surface area contributed by atoms with Crippen LogP contribution in [0.5, 0.6) is 0 Å². The molecule has 7 nitrogen and oxygen atoms in total. The molecule has 1 fully saturated rings. The molecule has 108 valence electrons. The first-order valence-corrected chi connectivity index (χ1v) is 5.39. The lowest BCUT2D eigenvalue weighted by Gasteiger charge is -2.30. The summed E-state index contributed by atoms with van der Waals surface area (Å²) in [5, 5.41) is 7.94. The summed E-state index contributed by atoms with van der Waals surface area (Å²) in [6.07, 6.45) is -2.94. The quantitative estimate of drug-likeness (QED) is 0.606. The molecule has 19 heavy (non-hydrogen) atoms. The number of nitroso groups, excluding NO2 is 1. The molecular weight excluding hydrogens is 267 g/mol. The van der Waals surface area contributed by atoms with Crippen LogP contribution in [0.3, 0.4) is 0 Å². The van der Waals surface area contributed by atoms with Crippen molar-refractivity contribution in [3.8, 4) is 0 Å². The van der Waals surface area contributed by atoms with Crippen LogP contribution in [-0.2, 0) is 7.05 Å². The molecule has 0 amide bonds. The van der Waals surface area contributed by atoms with Gasteiger partial charge in [-0.05, 0) is 5.18 Å². The van der Waals surface area contributed by atoms with Gasteiger partial charge < -0.3 is 5.48 Å². The third-order valence-corrected chi connectivity index (χ3v) is 2.91. The van der Waals surface area contributed by atoms with Crippen molar-refractivity contribution < 1.29 is 23.3 Å². The standard InChI is InChI=1S/C9H12F3N5O.H2O/c1-16-8(6(15-18)4-14-16)17-3-2-13-7(5-17)9(10,11)12;/h4,7,13H,2-3,5H2,1H3;1H2. The summed E-state index contributed by atoms with van der Waals surface area (Å²) in [6.45, 7) is 0.353. The maximum atomic E-state index is 12.7. The molecule has 0 radical (unpaired) electrons. The zero-order valence-corrected chi connectivity index (χ0v) is 10.1. The number of halogens is 3. The van der Waals surface area contributed by atoms with E-state index in [1.165, 1.54) is 15.8 Å². The Morgan fingerprint density at radius 2 is 2.21 bits per heavy atom. The van der Waals surface area contributed by atoms with E-state index in [0.717, 1.165) is 0 Å². The molecule has 1 aliphatic rings. The average Bonchev–Trinajstić information content (AvgIpc) is 2.69. The second-order valence-electron chi connectivity index (χ2n) is 4.13. The molecule has 10 heteroatoms. The van der Waals surface area contributed by atoms with Gasteiger partial charge in [0.05, 0.1) is 12.7 Å². The molecule has 1 unspecified atom stereocenters. The molecule has 0 spiro atoms. The molecule has 1 saturated heterocycles. The van der Waals surface area contributed by atoms with E-state index in [-0.39, 0.29) is 24.3 Å². The van der Waals surface area contributed by atoms with Crippen molar-refractivity contribution in [2.24, 2.45) is 12.2 Å². The Kier molecular flexibility index (Phi) is 4.48. The molecule has 0 aromatic carbocycles. The Morgan fingerprint density at radius 1 is 1.53 bits per heavy atom. The summed E-state index contributed by atoms with van der Waals surface area (Å²) in [6, 6.07) is -1.60. The molecule has 2 rings (SSSR count). The number of aromatic amines is 1. The number of anilines is 1. The highest BCUT2D eigenvalue weighted by atomic mass is 19.4. The van der Waals surface area contributed by atoms with Crippen LogP contribution >= 0.6 is 0 Å². The Bertz CT molecular complexity index is 448. The molecule has 1 aromatic rings. The van der Waals surface area contributed by atoms with Gasteiger partial charge in [0.2, 0.25) is 5.69 Å². The van der Waals surface area contributed by atoms with Gasteiger partial charge in [0.15, 0.2) is 0 Å². The van der Waals surface area contributed by atoms with Crippen LogP contribution in [-0.4, -0.2) is 42.4 Å². The summed E-state index contributed by atoms with van der Waals surface area (Å²) < 4.78 is 39.4. The van der Waals surface area contributed by atoms with Crippen molar-refractivity contribution in [1.29, 1.82) is 0 Å². The van der Waals surface area contributed by atoms with Crippen LogP contribution in [0.25, 0.3) is 0 Å². The Labute approximate surface area is 106 Å². The highest BCUT2D eigenvalue weighted by molar-refractivity contribution is 5.57. The minimum Gasteiger partial charge on any atom is -0.870 e. The molecule has 1 atom stereocenters. The predicted molar refractivity (Wildman–Crippen MR) is 59.4 cm³/mol. The van der Waals surface area contributed by atoms with Crippen molar-refractivity contribution in [1.82, 2.24) is 10.4 Å². The molecule has 0 aliphatic carbocycles. The first-order valence-electron chi connectivity index (χ1n) is 5.39. The molecule has 1 aliphatic heterocycles. The lowest BCUT2D eigenvalue weighted by molar-refractivity contribution is -0.714. The SMILES string of the molecule is C[n+]1[nH]cc(N=O)c1N1CCNC(C(F)(F)F)C1.[OH-]. The third-order valence-electron chi connectivity index (χ3n) is 2.91. The van der Waals surface area contributed by atoms with E-state index in [4.69, 9.17) is 0 Å². The van der Waals surface area contributed by atoms with Crippen molar-refractivity contribution in [3.05, 3.63) is 11.1 Å². The highest BCUT2D eigenvalue weighted by Crippen LogP contribution is 2.28. The average molecular weight is 281 g/mol. The van der Waals surface area contributed by atoms with Gasteiger partial charge in [-0.1, -0.05) is 0 Å². The fourth-order valence-corrected chi connectivity index (χ4v) is 2.06. The lowest BCUT2D eigenvalue weighted by atomic mass is 10.2. The topological polar surface area (TPSA) is 94.4 Å². The van der Waals surface area contributed by atoms with Gasteiger partial charge in [0, 0.05) is 6.54 Å². The molecule has 1 aromatic heterocycles. The summed E-state index contributed by atoms with van der Waals surface area (Å²) in [5.41, 5.74) is 0.111. The number of piperazine rings is 1. The Morgan fingerprint density at radius 3 is 2.79 bits per heavy atom. The number of hydrogen-bond acceptors (Lipinski definition) is 5. The summed E-state index contributed by atoms with van der Waals surface area (Å²) in [7, 11) is 1.62. The zero-order chi connectivity index (χ0) is 13.3. The van der Waals surface area contributed by atoms with Gasteiger partial charge >= 0.3 is 12.0 Å². The molecule has 2 heterocycles. The highest BCUT2D eigenvalue weighted by Gasteiger charge is 2.45. The van der Waals surface area contributed by atoms with Crippen molar-refractivity contribution in [2.75, 3.05) is 24.5 Å². The zero-order valence-electron chi connectivity index (χ0n) is 10.1. The smallest absolute Gasteiger partial charge is 0.407 e. The third kappa shape index (κ3) is 3.01. The van der Waals surface area contributed by atoms with Crippen molar-refractivity contribution >= 4 is 11.5 Å². The van der Waals surface area contributed by atoms with E-state index >= 15 is 0 Å². The van der Waals surface area contributed by atoms with E-state index in [2.05, 4.69) is 15.6 Å². The van der Waals surface area contributed by atoms with Crippen LogP contribution in [0.15, 0.2) is 11.4 Å². The fraction of sp³-hybridized carbons (Fsp3) is 0.667. The van der Waals surface area contributed by atoms with Crippen LogP contribution in [0.2, 0.25) is 0 Å². The Hall–Kier alpha value is -1.68. The number of nitrogens with one attached hydrogen (secondary N) is 2. The van der Waals surface area contributed by atoms with E-state index < -0.39 is 12.2 Å². The van der Waals surface area contributed by atoms with Crippen molar-refractivity contribution in [2.45, 2.75) is 12.2 Å². The van der Waals surface area contributed by atoms with E-state index in [9.17, 15) is 18.1 Å². The van der Waals surface area contributed by atoms with Crippen LogP contribution in [0.1, 0.15) is 0 Å². The van der Waals surface area contributed by atoms with Gasteiger partial charge in [-0.25, -0.2) is 5.10 Å². The second-order valence-corrected chi connectivity index (χ2v) is 4.13. The number of aryl methyl sites for hydroxylation is 1. The number of nitrogens with zero attached hydrogens (tertiary/aromatic N) is 3. The van der Waals surface area contributed by atoms with Crippen LogP contribution in [0.4, 0.5) is 24.7 Å². The fourth-order valence-electron chi connectivity index (χ4n) is 2.06. The minimum atomic E-state index is -4.30. The van der Waals surface area contributed by atoms with Crippen molar-refractivity contribution in [3.63, 3.8) is 0 Å². The number of H-pyrrole nitrogens is 1. The number of alkyl halides is 3. The molecule has 3 N–H and O–H groups in total. The molecule has 0 saturated carbocycles. The largest absolute Gasteiger partial charge is 0.870 e. The van der Waals surface area contributed by atoms with E-state index in [0.29, 0.717) is 12.4 Å². The number of hydrogen-bond donors (Lipinski definition) is 2. The van der Waals surface area contributed by atoms with Gasteiger partial charge in [-0.15, -0.1) is 4.91 Å². The number of aromatic nitrogens is 2. The summed E-state index contributed by atoms with van der Waals surface area (Å²) in [4.78, 5) is 12.1. The number of rotatable bonds is 2. The van der Waals surface area contributed by atoms with Crippen LogP contribution in [0, 0.1) is 4.91 Å². The first-order chi connectivity index (χ1) is 8.43. The first kappa shape index (κ1) is 15.4.